The quantitative estimate of drug-likeness (QED) is 0.207. The molecule has 8 aromatic rings. The normalized spacial score (nSPS) is 13.4. The Kier molecular flexibility index (Phi) is 5.10. The van der Waals surface area contributed by atoms with Crippen LogP contribution in [-0.2, 0) is 12.5 Å². The topological polar surface area (TPSA) is 4.93 Å². The Labute approximate surface area is 251 Å². The summed E-state index contributed by atoms with van der Waals surface area (Å²) in [5.74, 6) is 0. The Morgan fingerprint density at radius 2 is 1.05 bits per heavy atom. The van der Waals surface area contributed by atoms with E-state index < -0.39 is 5.41 Å². The van der Waals surface area contributed by atoms with Gasteiger partial charge >= 0.3 is 0 Å². The van der Waals surface area contributed by atoms with Gasteiger partial charge in [-0.15, -0.1) is 0 Å². The number of aryl methyl sites for hydroxylation is 1. The van der Waals surface area contributed by atoms with Gasteiger partial charge in [-0.05, 0) is 79.5 Å². The number of rotatable bonds is 3. The maximum atomic E-state index is 2.48. The van der Waals surface area contributed by atoms with Crippen molar-refractivity contribution in [1.82, 2.24) is 4.57 Å². The van der Waals surface area contributed by atoms with Crippen LogP contribution in [0.1, 0.15) is 22.3 Å². The molecule has 9 rings (SSSR count). The van der Waals surface area contributed by atoms with Crippen molar-refractivity contribution in [3.05, 3.63) is 180 Å². The molecular formula is C42H29N. The highest BCUT2D eigenvalue weighted by Gasteiger charge is 2.46. The third-order valence-corrected chi connectivity index (χ3v) is 9.67. The van der Waals surface area contributed by atoms with E-state index in [-0.39, 0.29) is 0 Å². The first-order chi connectivity index (χ1) is 21.2. The van der Waals surface area contributed by atoms with Crippen LogP contribution >= 0.6 is 0 Å². The molecule has 1 aliphatic carbocycles. The smallest absolute Gasteiger partial charge is 0.0713 e. The first kappa shape index (κ1) is 24.2. The lowest BCUT2D eigenvalue weighted by molar-refractivity contribution is 0.769. The largest absolute Gasteiger partial charge is 0.344 e. The summed E-state index contributed by atoms with van der Waals surface area (Å²) in [5, 5.41) is 5.15. The molecular weight excluding hydrogens is 518 g/mol. The van der Waals surface area contributed by atoms with Crippen molar-refractivity contribution in [3.63, 3.8) is 0 Å². The van der Waals surface area contributed by atoms with Gasteiger partial charge in [0.15, 0.2) is 0 Å². The first-order valence-corrected chi connectivity index (χ1v) is 15.0. The summed E-state index contributed by atoms with van der Waals surface area (Å²) in [6, 6.07) is 58.4. The average Bonchev–Trinajstić information content (AvgIpc) is 3.53. The van der Waals surface area contributed by atoms with Crippen molar-refractivity contribution in [2.75, 3.05) is 0 Å². The average molecular weight is 548 g/mol. The van der Waals surface area contributed by atoms with E-state index >= 15 is 0 Å². The summed E-state index contributed by atoms with van der Waals surface area (Å²) in [6.45, 7) is 0. The van der Waals surface area contributed by atoms with E-state index in [0.717, 1.165) is 0 Å². The molecule has 0 aliphatic heterocycles. The molecule has 202 valence electrons. The third kappa shape index (κ3) is 3.28. The van der Waals surface area contributed by atoms with Gasteiger partial charge in [0.25, 0.3) is 0 Å². The number of hydrogen-bond donors (Lipinski definition) is 0. The molecule has 7 aromatic carbocycles. The fourth-order valence-electron chi connectivity index (χ4n) is 7.79. The van der Waals surface area contributed by atoms with Gasteiger partial charge in [0.1, 0.15) is 0 Å². The van der Waals surface area contributed by atoms with Gasteiger partial charge in [-0.1, -0.05) is 133 Å². The lowest BCUT2D eigenvalue weighted by atomic mass is 9.67. The second kappa shape index (κ2) is 9.05. The minimum Gasteiger partial charge on any atom is -0.344 e. The Hall–Kier alpha value is -5.40. The highest BCUT2D eigenvalue weighted by atomic mass is 14.9. The fourth-order valence-corrected chi connectivity index (χ4v) is 7.79. The van der Waals surface area contributed by atoms with E-state index in [2.05, 4.69) is 169 Å². The Morgan fingerprint density at radius 3 is 1.79 bits per heavy atom. The molecule has 1 heteroatoms. The summed E-state index contributed by atoms with van der Waals surface area (Å²) in [5.41, 5.74) is 12.5. The van der Waals surface area contributed by atoms with Crippen LogP contribution in [0.5, 0.6) is 0 Å². The molecule has 0 saturated heterocycles. The van der Waals surface area contributed by atoms with Crippen molar-refractivity contribution in [2.45, 2.75) is 5.41 Å². The number of nitrogens with zero attached hydrogens (tertiary/aromatic N) is 1. The van der Waals surface area contributed by atoms with Crippen molar-refractivity contribution < 1.29 is 0 Å². The summed E-state index contributed by atoms with van der Waals surface area (Å²) in [6.07, 6.45) is 0. The monoisotopic (exact) mass is 547 g/mol. The molecule has 1 heterocycles. The zero-order valence-corrected chi connectivity index (χ0v) is 24.0. The standard InChI is InChI=1S/C42H29N/c1-43-39-22-12-20-33(41(39)36-25-28-13-8-9-14-29(28)27-40(36)43)30-23-24-35-34-19-10-11-21-37(34)42(38(35)26-30,31-15-4-2-5-16-31)32-17-6-3-7-18-32/h2-27H,1H3. The van der Waals surface area contributed by atoms with E-state index in [1.807, 2.05) is 0 Å². The first-order valence-electron chi connectivity index (χ1n) is 15.0. The molecule has 0 amide bonds. The predicted molar refractivity (Wildman–Crippen MR) is 181 cm³/mol. The molecule has 0 N–H and O–H groups in total. The van der Waals surface area contributed by atoms with E-state index in [1.165, 1.54) is 77.1 Å². The van der Waals surface area contributed by atoms with E-state index in [9.17, 15) is 0 Å². The number of fused-ring (bicyclic) bond motifs is 7. The van der Waals surface area contributed by atoms with Crippen LogP contribution in [-0.4, -0.2) is 4.57 Å². The lowest BCUT2D eigenvalue weighted by Crippen LogP contribution is -2.28. The second-order valence-corrected chi connectivity index (χ2v) is 11.8. The van der Waals surface area contributed by atoms with Crippen molar-refractivity contribution in [2.24, 2.45) is 7.05 Å². The Bertz CT molecular complexity index is 2300. The van der Waals surface area contributed by atoms with Crippen molar-refractivity contribution in [3.8, 4) is 22.3 Å². The minimum atomic E-state index is -0.409. The van der Waals surface area contributed by atoms with Crippen LogP contribution in [0.25, 0.3) is 54.8 Å². The number of hydrogen-bond acceptors (Lipinski definition) is 0. The molecule has 0 spiro atoms. The molecule has 43 heavy (non-hydrogen) atoms. The Morgan fingerprint density at radius 1 is 0.442 bits per heavy atom. The molecule has 0 atom stereocenters. The van der Waals surface area contributed by atoms with E-state index in [1.54, 1.807) is 0 Å². The SMILES string of the molecule is Cn1c2cc3ccccc3cc2c2c(-c3ccc4c(c3)C(c3ccccc3)(c3ccccc3)c3ccccc3-4)cccc21. The number of benzene rings is 7. The zero-order chi connectivity index (χ0) is 28.5. The maximum absolute atomic E-state index is 2.48. The zero-order valence-electron chi connectivity index (χ0n) is 24.0. The predicted octanol–water partition coefficient (Wildman–Crippen LogP) is 10.5. The molecule has 0 saturated carbocycles. The van der Waals surface area contributed by atoms with Gasteiger partial charge in [-0.2, -0.15) is 0 Å². The van der Waals surface area contributed by atoms with E-state index in [4.69, 9.17) is 0 Å². The highest BCUT2D eigenvalue weighted by Crippen LogP contribution is 2.57. The summed E-state index contributed by atoms with van der Waals surface area (Å²) in [7, 11) is 2.19. The highest BCUT2D eigenvalue weighted by molar-refractivity contribution is 6.18. The molecule has 0 bridgehead atoms. The van der Waals surface area contributed by atoms with Crippen molar-refractivity contribution in [1.29, 1.82) is 0 Å². The maximum Gasteiger partial charge on any atom is 0.0713 e. The van der Waals surface area contributed by atoms with Crippen LogP contribution in [0.2, 0.25) is 0 Å². The van der Waals surface area contributed by atoms with Crippen LogP contribution < -0.4 is 0 Å². The molecule has 0 fully saturated rings. The van der Waals surface area contributed by atoms with Crippen LogP contribution in [0.15, 0.2) is 158 Å². The minimum absolute atomic E-state index is 0.409. The van der Waals surface area contributed by atoms with Gasteiger partial charge in [0.2, 0.25) is 0 Å². The van der Waals surface area contributed by atoms with Gasteiger partial charge < -0.3 is 4.57 Å². The molecule has 0 unspecified atom stereocenters. The van der Waals surface area contributed by atoms with Crippen LogP contribution in [0, 0.1) is 0 Å². The molecule has 1 nitrogen and oxygen atoms in total. The van der Waals surface area contributed by atoms with Gasteiger partial charge in [-0.25, -0.2) is 0 Å². The summed E-state index contributed by atoms with van der Waals surface area (Å²) >= 11 is 0. The lowest BCUT2D eigenvalue weighted by Gasteiger charge is -2.34. The van der Waals surface area contributed by atoms with E-state index in [0.29, 0.717) is 0 Å². The fraction of sp³-hybridized carbons (Fsp3) is 0.0476. The van der Waals surface area contributed by atoms with Gasteiger partial charge in [0, 0.05) is 28.9 Å². The Balaban J connectivity index is 1.38. The summed E-state index contributed by atoms with van der Waals surface area (Å²) in [4.78, 5) is 0. The third-order valence-electron chi connectivity index (χ3n) is 9.67. The van der Waals surface area contributed by atoms with Crippen LogP contribution in [0.4, 0.5) is 0 Å². The van der Waals surface area contributed by atoms with Gasteiger partial charge in [-0.3, -0.25) is 0 Å². The second-order valence-electron chi connectivity index (χ2n) is 11.8. The molecule has 1 aliphatic rings. The van der Waals surface area contributed by atoms with Gasteiger partial charge in [0.05, 0.1) is 5.41 Å². The number of aromatic nitrogens is 1. The summed E-state index contributed by atoms with van der Waals surface area (Å²) < 4.78 is 2.35. The molecule has 1 aromatic heterocycles. The van der Waals surface area contributed by atoms with Crippen LogP contribution in [0.3, 0.4) is 0 Å². The molecule has 0 radical (unpaired) electrons. The van der Waals surface area contributed by atoms with Crippen molar-refractivity contribution >= 4 is 32.6 Å².